The fourth-order valence-corrected chi connectivity index (χ4v) is 2.42. The van der Waals surface area contributed by atoms with E-state index in [9.17, 15) is 0 Å². The van der Waals surface area contributed by atoms with Gasteiger partial charge in [-0.2, -0.15) is 0 Å². The van der Waals surface area contributed by atoms with Crippen molar-refractivity contribution in [2.24, 2.45) is 16.5 Å². The Balaban J connectivity index is 1.94. The summed E-state index contributed by atoms with van der Waals surface area (Å²) in [6.45, 7) is 2.61. The lowest BCUT2D eigenvalue weighted by molar-refractivity contribution is 0.340. The Morgan fingerprint density at radius 3 is 2.62 bits per heavy atom. The maximum Gasteiger partial charge on any atom is 0.191 e. The second kappa shape index (κ2) is 6.87. The third-order valence-corrected chi connectivity index (χ3v) is 3.43. The van der Waals surface area contributed by atoms with Gasteiger partial charge in [0.25, 0.3) is 0 Å². The standard InChI is InChI=1S/C18H19N5O/c1-2-24-14-6-3-12(4-7-14)22-17-9-10-21-16-8-5-13(11-15(16)17)23-18(19)20/h3-11H,2H2,1H3,(H,21,22)(H4,19,20,23). The molecule has 2 aromatic carbocycles. The van der Waals surface area contributed by atoms with Gasteiger partial charge in [0.1, 0.15) is 5.75 Å². The van der Waals surface area contributed by atoms with Crippen LogP contribution in [-0.2, 0) is 0 Å². The summed E-state index contributed by atoms with van der Waals surface area (Å²) in [5.74, 6) is 0.872. The number of aliphatic imine (C=N–C) groups is 1. The van der Waals surface area contributed by atoms with Gasteiger partial charge in [0, 0.05) is 23.0 Å². The fourth-order valence-electron chi connectivity index (χ4n) is 2.42. The Morgan fingerprint density at radius 1 is 1.12 bits per heavy atom. The first-order chi connectivity index (χ1) is 11.7. The van der Waals surface area contributed by atoms with Crippen LogP contribution < -0.4 is 21.5 Å². The number of pyridine rings is 1. The smallest absolute Gasteiger partial charge is 0.191 e. The van der Waals surface area contributed by atoms with Gasteiger partial charge in [-0.05, 0) is 55.5 Å². The summed E-state index contributed by atoms with van der Waals surface area (Å²) < 4.78 is 5.46. The summed E-state index contributed by atoms with van der Waals surface area (Å²) in [6, 6.07) is 15.3. The molecule has 0 saturated carbocycles. The molecule has 0 aliphatic heterocycles. The number of hydrogen-bond acceptors (Lipinski definition) is 4. The highest BCUT2D eigenvalue weighted by atomic mass is 16.5. The zero-order chi connectivity index (χ0) is 16.9. The molecule has 0 aliphatic carbocycles. The average Bonchev–Trinajstić information content (AvgIpc) is 2.57. The number of nitrogens with two attached hydrogens (primary N) is 2. The molecule has 5 N–H and O–H groups in total. The first kappa shape index (κ1) is 15.6. The quantitative estimate of drug-likeness (QED) is 0.495. The third-order valence-electron chi connectivity index (χ3n) is 3.43. The second-order valence-corrected chi connectivity index (χ2v) is 5.18. The molecule has 0 spiro atoms. The van der Waals surface area contributed by atoms with Gasteiger partial charge in [-0.25, -0.2) is 4.99 Å². The van der Waals surface area contributed by atoms with Gasteiger partial charge in [-0.3, -0.25) is 4.98 Å². The lowest BCUT2D eigenvalue weighted by Crippen LogP contribution is -2.21. The van der Waals surface area contributed by atoms with E-state index >= 15 is 0 Å². The van der Waals surface area contributed by atoms with Crippen molar-refractivity contribution in [1.29, 1.82) is 0 Å². The minimum atomic E-state index is 0.0271. The van der Waals surface area contributed by atoms with Crippen LogP contribution in [0.2, 0.25) is 0 Å². The number of anilines is 2. The molecule has 0 amide bonds. The molecule has 1 aromatic heterocycles. The summed E-state index contributed by atoms with van der Waals surface area (Å²) in [7, 11) is 0. The molecule has 24 heavy (non-hydrogen) atoms. The molecule has 0 atom stereocenters. The minimum absolute atomic E-state index is 0.0271. The van der Waals surface area contributed by atoms with E-state index in [-0.39, 0.29) is 5.96 Å². The van der Waals surface area contributed by atoms with Gasteiger partial charge in [0.2, 0.25) is 0 Å². The topological polar surface area (TPSA) is 98.5 Å². The fraction of sp³-hybridized carbons (Fsp3) is 0.111. The van der Waals surface area contributed by atoms with Crippen molar-refractivity contribution in [3.8, 4) is 5.75 Å². The molecule has 6 heteroatoms. The van der Waals surface area contributed by atoms with Crippen molar-refractivity contribution in [2.75, 3.05) is 11.9 Å². The minimum Gasteiger partial charge on any atom is -0.494 e. The van der Waals surface area contributed by atoms with Crippen LogP contribution in [-0.4, -0.2) is 17.6 Å². The Kier molecular flexibility index (Phi) is 4.47. The van der Waals surface area contributed by atoms with Gasteiger partial charge in [-0.15, -0.1) is 0 Å². The molecule has 0 unspecified atom stereocenters. The number of nitrogens with zero attached hydrogens (tertiary/aromatic N) is 2. The Hall–Kier alpha value is -3.28. The largest absolute Gasteiger partial charge is 0.494 e. The third kappa shape index (κ3) is 3.55. The van der Waals surface area contributed by atoms with Crippen molar-refractivity contribution in [3.05, 3.63) is 54.7 Å². The van der Waals surface area contributed by atoms with Crippen LogP contribution in [0.3, 0.4) is 0 Å². The van der Waals surface area contributed by atoms with Crippen molar-refractivity contribution in [2.45, 2.75) is 6.92 Å². The predicted octanol–water partition coefficient (Wildman–Crippen LogP) is 3.28. The van der Waals surface area contributed by atoms with Crippen molar-refractivity contribution >= 4 is 33.9 Å². The molecule has 3 rings (SSSR count). The SMILES string of the molecule is CCOc1ccc(Nc2ccnc3ccc(N=C(N)N)cc23)cc1. The summed E-state index contributed by atoms with van der Waals surface area (Å²) in [5.41, 5.74) is 14.3. The van der Waals surface area contributed by atoms with E-state index in [1.807, 2.05) is 55.5 Å². The maximum atomic E-state index is 5.46. The highest BCUT2D eigenvalue weighted by Gasteiger charge is 2.04. The summed E-state index contributed by atoms with van der Waals surface area (Å²) in [5, 5.41) is 4.33. The van der Waals surface area contributed by atoms with Crippen LogP contribution >= 0.6 is 0 Å². The number of guanidine groups is 1. The zero-order valence-electron chi connectivity index (χ0n) is 13.4. The Labute approximate surface area is 140 Å². The van der Waals surface area contributed by atoms with Crippen molar-refractivity contribution in [3.63, 3.8) is 0 Å². The number of aromatic nitrogens is 1. The van der Waals surface area contributed by atoms with Crippen molar-refractivity contribution < 1.29 is 4.74 Å². The molecule has 1 heterocycles. The van der Waals surface area contributed by atoms with Gasteiger partial charge < -0.3 is 21.5 Å². The van der Waals surface area contributed by atoms with Gasteiger partial charge in [-0.1, -0.05) is 0 Å². The predicted molar refractivity (Wildman–Crippen MR) is 98.1 cm³/mol. The highest BCUT2D eigenvalue weighted by molar-refractivity contribution is 5.95. The first-order valence-electron chi connectivity index (χ1n) is 7.64. The van der Waals surface area contributed by atoms with Crippen LogP contribution in [0.4, 0.5) is 17.1 Å². The monoisotopic (exact) mass is 321 g/mol. The molecular formula is C18H19N5O. The van der Waals surface area contributed by atoms with E-state index in [1.165, 1.54) is 0 Å². The molecule has 3 aromatic rings. The van der Waals surface area contributed by atoms with Crippen LogP contribution in [0, 0.1) is 0 Å². The van der Waals surface area contributed by atoms with E-state index in [0.717, 1.165) is 28.0 Å². The molecular weight excluding hydrogens is 302 g/mol. The van der Waals surface area contributed by atoms with Gasteiger partial charge in [0.05, 0.1) is 17.8 Å². The van der Waals surface area contributed by atoms with E-state index in [1.54, 1.807) is 6.20 Å². The number of benzene rings is 2. The number of ether oxygens (including phenoxy) is 1. The lowest BCUT2D eigenvalue weighted by atomic mass is 10.1. The van der Waals surface area contributed by atoms with Gasteiger partial charge >= 0.3 is 0 Å². The van der Waals surface area contributed by atoms with Crippen molar-refractivity contribution in [1.82, 2.24) is 4.98 Å². The molecule has 122 valence electrons. The number of hydrogen-bond donors (Lipinski definition) is 3. The first-order valence-corrected chi connectivity index (χ1v) is 7.64. The number of rotatable bonds is 5. The Morgan fingerprint density at radius 2 is 1.92 bits per heavy atom. The molecule has 0 fully saturated rings. The van der Waals surface area contributed by atoms with E-state index < -0.39 is 0 Å². The summed E-state index contributed by atoms with van der Waals surface area (Å²) in [6.07, 6.45) is 1.76. The molecule has 0 radical (unpaired) electrons. The molecule has 0 saturated heterocycles. The molecule has 6 nitrogen and oxygen atoms in total. The number of nitrogens with one attached hydrogen (secondary N) is 1. The lowest BCUT2D eigenvalue weighted by Gasteiger charge is -2.11. The average molecular weight is 321 g/mol. The maximum absolute atomic E-state index is 5.46. The van der Waals surface area contributed by atoms with E-state index in [2.05, 4.69) is 15.3 Å². The van der Waals surface area contributed by atoms with Crippen LogP contribution in [0.1, 0.15) is 6.92 Å². The second-order valence-electron chi connectivity index (χ2n) is 5.18. The van der Waals surface area contributed by atoms with E-state index in [4.69, 9.17) is 16.2 Å². The van der Waals surface area contributed by atoms with Crippen LogP contribution in [0.25, 0.3) is 10.9 Å². The highest BCUT2D eigenvalue weighted by Crippen LogP contribution is 2.29. The molecule has 0 bridgehead atoms. The zero-order valence-corrected chi connectivity index (χ0v) is 13.4. The van der Waals surface area contributed by atoms with Crippen LogP contribution in [0.15, 0.2) is 59.7 Å². The normalized spacial score (nSPS) is 10.4. The van der Waals surface area contributed by atoms with Crippen LogP contribution in [0.5, 0.6) is 5.75 Å². The number of fused-ring (bicyclic) bond motifs is 1. The van der Waals surface area contributed by atoms with Gasteiger partial charge in [0.15, 0.2) is 5.96 Å². The summed E-state index contributed by atoms with van der Waals surface area (Å²) >= 11 is 0. The Bertz CT molecular complexity index is 870. The van der Waals surface area contributed by atoms with E-state index in [0.29, 0.717) is 12.3 Å². The summed E-state index contributed by atoms with van der Waals surface area (Å²) in [4.78, 5) is 8.46. The molecule has 0 aliphatic rings.